The van der Waals surface area contributed by atoms with Crippen molar-refractivity contribution in [3.63, 3.8) is 0 Å². The predicted octanol–water partition coefficient (Wildman–Crippen LogP) is 3.48. The number of aryl methyl sites for hydroxylation is 1. The molecule has 3 rings (SSSR count). The summed E-state index contributed by atoms with van der Waals surface area (Å²) in [6, 6.07) is 13.4. The van der Waals surface area contributed by atoms with Gasteiger partial charge in [-0.15, -0.1) is 0 Å². The number of ether oxygens (including phenoxy) is 1. The molecule has 0 N–H and O–H groups in total. The zero-order valence-corrected chi connectivity index (χ0v) is 11.3. The summed E-state index contributed by atoms with van der Waals surface area (Å²) in [6.07, 6.45) is 1.57. The number of nitrogens with zero attached hydrogens (tertiary/aromatic N) is 1. The molecule has 0 aliphatic carbocycles. The highest BCUT2D eigenvalue weighted by Gasteiger charge is 2.24. The fraction of sp³-hybridized carbons (Fsp3) is 0.0588. The van der Waals surface area contributed by atoms with Crippen molar-refractivity contribution in [1.29, 1.82) is 0 Å². The summed E-state index contributed by atoms with van der Waals surface area (Å²) in [5, 5.41) is 0. The Morgan fingerprint density at radius 3 is 2.62 bits per heavy atom. The Morgan fingerprint density at radius 1 is 1.14 bits per heavy atom. The van der Waals surface area contributed by atoms with Crippen LogP contribution in [0.3, 0.4) is 0 Å². The topological polar surface area (TPSA) is 38.7 Å². The summed E-state index contributed by atoms with van der Waals surface area (Å²) < 4.78 is 18.0. The van der Waals surface area contributed by atoms with Gasteiger partial charge >= 0.3 is 5.97 Å². The maximum absolute atomic E-state index is 12.9. The third kappa shape index (κ3) is 2.89. The first-order valence-electron chi connectivity index (χ1n) is 6.47. The lowest BCUT2D eigenvalue weighted by molar-refractivity contribution is -0.129. The zero-order valence-electron chi connectivity index (χ0n) is 11.3. The number of rotatable bonds is 2. The molecule has 0 atom stereocenters. The van der Waals surface area contributed by atoms with E-state index in [0.717, 1.165) is 11.1 Å². The van der Waals surface area contributed by atoms with Crippen LogP contribution >= 0.6 is 0 Å². The van der Waals surface area contributed by atoms with Crippen molar-refractivity contribution in [2.45, 2.75) is 6.92 Å². The minimum absolute atomic E-state index is 0.207. The lowest BCUT2D eigenvalue weighted by Crippen LogP contribution is -2.05. The highest BCUT2D eigenvalue weighted by atomic mass is 19.1. The highest BCUT2D eigenvalue weighted by Crippen LogP contribution is 2.19. The van der Waals surface area contributed by atoms with Crippen molar-refractivity contribution in [2.24, 2.45) is 4.99 Å². The number of benzene rings is 2. The summed E-state index contributed by atoms with van der Waals surface area (Å²) in [5.41, 5.74) is 2.71. The normalized spacial score (nSPS) is 16.0. The van der Waals surface area contributed by atoms with Crippen LogP contribution in [0.1, 0.15) is 16.7 Å². The third-order valence-corrected chi connectivity index (χ3v) is 3.06. The molecule has 104 valence electrons. The zero-order chi connectivity index (χ0) is 14.8. The minimum Gasteiger partial charge on any atom is -0.402 e. The molecule has 0 saturated carbocycles. The standard InChI is InChI=1S/C17H12FNO2/c1-11-3-2-4-13(9-11)16-19-15(17(20)21-16)10-12-5-7-14(18)8-6-12/h2-10H,1H3/b15-10-. The van der Waals surface area contributed by atoms with Crippen molar-refractivity contribution in [2.75, 3.05) is 0 Å². The van der Waals surface area contributed by atoms with Crippen LogP contribution in [0.2, 0.25) is 0 Å². The molecule has 4 heteroatoms. The minimum atomic E-state index is -0.504. The van der Waals surface area contributed by atoms with Crippen LogP contribution in [-0.4, -0.2) is 11.9 Å². The van der Waals surface area contributed by atoms with Crippen LogP contribution in [0.4, 0.5) is 4.39 Å². The molecule has 3 nitrogen and oxygen atoms in total. The van der Waals surface area contributed by atoms with Crippen LogP contribution in [0.5, 0.6) is 0 Å². The molecular weight excluding hydrogens is 269 g/mol. The van der Waals surface area contributed by atoms with Crippen molar-refractivity contribution in [1.82, 2.24) is 0 Å². The van der Waals surface area contributed by atoms with E-state index in [0.29, 0.717) is 5.56 Å². The quantitative estimate of drug-likeness (QED) is 0.624. The lowest BCUT2D eigenvalue weighted by Gasteiger charge is -1.99. The predicted molar refractivity (Wildman–Crippen MR) is 78.2 cm³/mol. The van der Waals surface area contributed by atoms with E-state index >= 15 is 0 Å². The SMILES string of the molecule is Cc1cccc(C2=N/C(=C\c3ccc(F)cc3)C(=O)O2)c1. The average Bonchev–Trinajstić information content (AvgIpc) is 2.83. The van der Waals surface area contributed by atoms with Crippen LogP contribution in [0.25, 0.3) is 6.08 Å². The molecule has 0 saturated heterocycles. The van der Waals surface area contributed by atoms with Gasteiger partial charge in [-0.1, -0.05) is 29.8 Å². The molecule has 2 aromatic carbocycles. The molecule has 0 unspecified atom stereocenters. The summed E-state index contributed by atoms with van der Waals surface area (Å²) in [4.78, 5) is 16.0. The van der Waals surface area contributed by atoms with Gasteiger partial charge in [0.1, 0.15) is 5.82 Å². The molecule has 0 fully saturated rings. The van der Waals surface area contributed by atoms with Gasteiger partial charge in [0.15, 0.2) is 5.70 Å². The number of carbonyl (C=O) groups is 1. The number of cyclic esters (lactones) is 1. The van der Waals surface area contributed by atoms with Crippen LogP contribution in [0.15, 0.2) is 59.2 Å². The van der Waals surface area contributed by atoms with E-state index < -0.39 is 5.97 Å². The molecular formula is C17H12FNO2. The first-order valence-corrected chi connectivity index (χ1v) is 6.47. The molecule has 1 heterocycles. The maximum atomic E-state index is 12.9. The van der Waals surface area contributed by atoms with Crippen molar-refractivity contribution >= 4 is 17.9 Å². The fourth-order valence-corrected chi connectivity index (χ4v) is 2.03. The Kier molecular flexibility index (Phi) is 3.36. The van der Waals surface area contributed by atoms with Crippen LogP contribution < -0.4 is 0 Å². The van der Waals surface area contributed by atoms with Gasteiger partial charge in [0.05, 0.1) is 0 Å². The first-order chi connectivity index (χ1) is 10.1. The molecule has 21 heavy (non-hydrogen) atoms. The van der Waals surface area contributed by atoms with Gasteiger partial charge in [0.2, 0.25) is 5.90 Å². The number of halogens is 1. The van der Waals surface area contributed by atoms with E-state index in [4.69, 9.17) is 4.74 Å². The van der Waals surface area contributed by atoms with Crippen molar-refractivity contribution in [3.8, 4) is 0 Å². The second kappa shape index (κ2) is 5.32. The van der Waals surface area contributed by atoms with Crippen LogP contribution in [0, 0.1) is 12.7 Å². The van der Waals surface area contributed by atoms with Gasteiger partial charge in [0, 0.05) is 5.56 Å². The molecule has 0 aromatic heterocycles. The Hall–Kier alpha value is -2.75. The molecule has 1 aliphatic rings. The number of hydrogen-bond donors (Lipinski definition) is 0. The highest BCUT2D eigenvalue weighted by molar-refractivity contribution is 6.12. The van der Waals surface area contributed by atoms with E-state index in [1.54, 1.807) is 18.2 Å². The maximum Gasteiger partial charge on any atom is 0.363 e. The van der Waals surface area contributed by atoms with Gasteiger partial charge in [-0.2, -0.15) is 0 Å². The van der Waals surface area contributed by atoms with E-state index in [-0.39, 0.29) is 17.4 Å². The smallest absolute Gasteiger partial charge is 0.363 e. The summed E-state index contributed by atoms with van der Waals surface area (Å²) in [5.74, 6) is -0.539. The molecule has 0 amide bonds. The van der Waals surface area contributed by atoms with Gasteiger partial charge < -0.3 is 4.74 Å². The molecule has 0 radical (unpaired) electrons. The third-order valence-electron chi connectivity index (χ3n) is 3.06. The Bertz CT molecular complexity index is 761. The van der Waals surface area contributed by atoms with Gasteiger partial charge in [0.25, 0.3) is 0 Å². The molecule has 0 bridgehead atoms. The van der Waals surface area contributed by atoms with Crippen molar-refractivity contribution < 1.29 is 13.9 Å². The van der Waals surface area contributed by atoms with Crippen LogP contribution in [-0.2, 0) is 9.53 Å². The molecule has 1 aliphatic heterocycles. The van der Waals surface area contributed by atoms with E-state index in [1.807, 2.05) is 31.2 Å². The number of aliphatic imine (C=N–C) groups is 1. The number of esters is 1. The van der Waals surface area contributed by atoms with E-state index in [2.05, 4.69) is 4.99 Å². The van der Waals surface area contributed by atoms with E-state index in [1.165, 1.54) is 12.1 Å². The van der Waals surface area contributed by atoms with Gasteiger partial charge in [-0.25, -0.2) is 14.2 Å². The molecule has 0 spiro atoms. The number of carbonyl (C=O) groups excluding carboxylic acids is 1. The monoisotopic (exact) mass is 281 g/mol. The number of hydrogen-bond acceptors (Lipinski definition) is 3. The second-order valence-electron chi connectivity index (χ2n) is 4.76. The Morgan fingerprint density at radius 2 is 1.90 bits per heavy atom. The largest absolute Gasteiger partial charge is 0.402 e. The summed E-state index contributed by atoms with van der Waals surface area (Å²) in [7, 11) is 0. The second-order valence-corrected chi connectivity index (χ2v) is 4.76. The average molecular weight is 281 g/mol. The first kappa shape index (κ1) is 13.2. The van der Waals surface area contributed by atoms with Gasteiger partial charge in [-0.3, -0.25) is 0 Å². The van der Waals surface area contributed by atoms with Gasteiger partial charge in [-0.05, 0) is 42.8 Å². The summed E-state index contributed by atoms with van der Waals surface area (Å²) >= 11 is 0. The fourth-order valence-electron chi connectivity index (χ4n) is 2.03. The summed E-state index contributed by atoms with van der Waals surface area (Å²) in [6.45, 7) is 1.95. The van der Waals surface area contributed by atoms with E-state index in [9.17, 15) is 9.18 Å². The lowest BCUT2D eigenvalue weighted by atomic mass is 10.1. The van der Waals surface area contributed by atoms with Crippen molar-refractivity contribution in [3.05, 3.63) is 76.7 Å². The Balaban J connectivity index is 1.93. The molecule has 2 aromatic rings. The Labute approximate surface area is 121 Å².